The van der Waals surface area contributed by atoms with Crippen LogP contribution in [0.15, 0.2) is 36.4 Å². The van der Waals surface area contributed by atoms with Crippen LogP contribution in [0.3, 0.4) is 0 Å². The van der Waals surface area contributed by atoms with Gasteiger partial charge in [0.1, 0.15) is 0 Å². The topological polar surface area (TPSA) is 63.2 Å². The zero-order valence-corrected chi connectivity index (χ0v) is 13.0. The fourth-order valence-electron chi connectivity index (χ4n) is 2.42. The maximum atomic E-state index is 12.0. The molecule has 5 heteroatoms. The average Bonchev–Trinajstić information content (AvgIpc) is 2.45. The maximum absolute atomic E-state index is 12.0. The number of nitrogens with one attached hydrogen (secondary N) is 1. The molecular weight excluding hydrogens is 286 g/mol. The Hall–Kier alpha value is -1.62. The predicted molar refractivity (Wildman–Crippen MR) is 83.3 cm³/mol. The van der Waals surface area contributed by atoms with Gasteiger partial charge < -0.3 is 5.32 Å². The van der Waals surface area contributed by atoms with E-state index in [0.717, 1.165) is 30.4 Å². The zero-order chi connectivity index (χ0) is 15.3. The molecule has 4 nitrogen and oxygen atoms in total. The number of hydrogen-bond donors (Lipinski definition) is 1. The molecule has 1 N–H and O–H groups in total. The number of allylic oxidation sites excluding steroid dienone is 2. The molecule has 0 heterocycles. The van der Waals surface area contributed by atoms with Crippen LogP contribution in [-0.4, -0.2) is 20.6 Å². The molecule has 0 unspecified atom stereocenters. The minimum Gasteiger partial charge on any atom is -0.352 e. The minimum atomic E-state index is -3.01. The molecule has 0 saturated heterocycles. The second kappa shape index (κ2) is 6.89. The molecular formula is C16H21NO3S. The molecule has 114 valence electrons. The highest BCUT2D eigenvalue weighted by molar-refractivity contribution is 7.89. The fourth-order valence-corrected chi connectivity index (χ4v) is 3.22. The number of carbonyl (C=O) groups excluding carboxylic acids is 1. The Morgan fingerprint density at radius 1 is 1.19 bits per heavy atom. The van der Waals surface area contributed by atoms with Crippen molar-refractivity contribution in [2.24, 2.45) is 5.92 Å². The average molecular weight is 307 g/mol. The van der Waals surface area contributed by atoms with Crippen LogP contribution in [0.1, 0.15) is 30.4 Å². The molecule has 0 spiro atoms. The van der Waals surface area contributed by atoms with Gasteiger partial charge in [0.05, 0.1) is 5.75 Å². The summed E-state index contributed by atoms with van der Waals surface area (Å²) in [5.74, 6) is 0.229. The third-order valence-corrected chi connectivity index (χ3v) is 4.42. The predicted octanol–water partition coefficient (Wildman–Crippen LogP) is 2.20. The second-order valence-corrected chi connectivity index (χ2v) is 7.73. The third kappa shape index (κ3) is 5.34. The summed E-state index contributed by atoms with van der Waals surface area (Å²) in [4.78, 5) is 12.0. The van der Waals surface area contributed by atoms with Crippen LogP contribution in [0.5, 0.6) is 0 Å². The molecule has 0 fully saturated rings. The Labute approximate surface area is 126 Å². The lowest BCUT2D eigenvalue weighted by atomic mass is 9.93. The van der Waals surface area contributed by atoms with E-state index >= 15 is 0 Å². The zero-order valence-electron chi connectivity index (χ0n) is 12.2. The summed E-state index contributed by atoms with van der Waals surface area (Å²) >= 11 is 0. The van der Waals surface area contributed by atoms with Crippen LogP contribution in [0, 0.1) is 5.92 Å². The summed E-state index contributed by atoms with van der Waals surface area (Å²) < 4.78 is 22.4. The van der Waals surface area contributed by atoms with Gasteiger partial charge in [0, 0.05) is 18.7 Å². The summed E-state index contributed by atoms with van der Waals surface area (Å²) in [6.45, 7) is 0.484. The van der Waals surface area contributed by atoms with E-state index in [1.54, 1.807) is 12.1 Å². The summed E-state index contributed by atoms with van der Waals surface area (Å²) in [7, 11) is -3.01. The van der Waals surface area contributed by atoms with Gasteiger partial charge in [0.15, 0.2) is 9.84 Å². The first-order valence-corrected chi connectivity index (χ1v) is 9.18. The van der Waals surface area contributed by atoms with E-state index in [4.69, 9.17) is 0 Å². The third-order valence-electron chi connectivity index (χ3n) is 3.56. The lowest BCUT2D eigenvalue weighted by Crippen LogP contribution is -2.30. The summed E-state index contributed by atoms with van der Waals surface area (Å²) in [5.41, 5.74) is 1.75. The number of sulfone groups is 1. The minimum absolute atomic E-state index is 0.0497. The smallest absolute Gasteiger partial charge is 0.223 e. The van der Waals surface area contributed by atoms with Gasteiger partial charge in [-0.15, -0.1) is 0 Å². The van der Waals surface area contributed by atoms with Crippen molar-refractivity contribution in [2.45, 2.75) is 31.6 Å². The van der Waals surface area contributed by atoms with Crippen molar-refractivity contribution in [2.75, 3.05) is 6.26 Å². The van der Waals surface area contributed by atoms with Gasteiger partial charge in [-0.3, -0.25) is 4.79 Å². The van der Waals surface area contributed by atoms with Crippen molar-refractivity contribution in [1.82, 2.24) is 5.32 Å². The van der Waals surface area contributed by atoms with Gasteiger partial charge in [0.2, 0.25) is 5.91 Å². The van der Waals surface area contributed by atoms with Gasteiger partial charge in [-0.1, -0.05) is 36.4 Å². The van der Waals surface area contributed by atoms with Crippen LogP contribution < -0.4 is 5.32 Å². The van der Waals surface area contributed by atoms with E-state index in [0.29, 0.717) is 6.54 Å². The maximum Gasteiger partial charge on any atom is 0.223 e. The summed E-state index contributed by atoms with van der Waals surface area (Å²) in [6, 6.07) is 7.32. The summed E-state index contributed by atoms with van der Waals surface area (Å²) in [5, 5.41) is 2.95. The highest BCUT2D eigenvalue weighted by Gasteiger charge is 2.17. The molecule has 0 radical (unpaired) electrons. The Balaban J connectivity index is 1.86. The number of carbonyl (C=O) groups is 1. The van der Waals surface area contributed by atoms with E-state index in [2.05, 4.69) is 17.5 Å². The standard InChI is InChI=1S/C16H21NO3S/c1-21(19,20)12-14-9-7-13(8-10-14)11-17-16(18)15-5-3-2-4-6-15/h2-3,7-10,15H,4-6,11-12H2,1H3,(H,17,18)/t15-/m1/s1. The molecule has 1 amide bonds. The van der Waals surface area contributed by atoms with Gasteiger partial charge in [-0.2, -0.15) is 0 Å². The molecule has 0 saturated carbocycles. The SMILES string of the molecule is CS(=O)(=O)Cc1ccc(CNC(=O)[C@@H]2CC=CCC2)cc1. The van der Waals surface area contributed by atoms with E-state index in [9.17, 15) is 13.2 Å². The van der Waals surface area contributed by atoms with Gasteiger partial charge in [0.25, 0.3) is 0 Å². The summed E-state index contributed by atoms with van der Waals surface area (Å²) in [6.07, 6.45) is 8.10. The van der Waals surface area contributed by atoms with Crippen LogP contribution in [0.2, 0.25) is 0 Å². The first-order valence-electron chi connectivity index (χ1n) is 7.12. The van der Waals surface area contributed by atoms with Crippen molar-refractivity contribution in [3.05, 3.63) is 47.5 Å². The number of amides is 1. The van der Waals surface area contributed by atoms with Crippen molar-refractivity contribution >= 4 is 15.7 Å². The molecule has 1 aromatic carbocycles. The Bertz CT molecular complexity index is 617. The van der Waals surface area contributed by atoms with E-state index < -0.39 is 9.84 Å². The van der Waals surface area contributed by atoms with Crippen molar-refractivity contribution < 1.29 is 13.2 Å². The van der Waals surface area contributed by atoms with E-state index in [1.165, 1.54) is 6.26 Å². The molecule has 0 bridgehead atoms. The highest BCUT2D eigenvalue weighted by atomic mass is 32.2. The molecule has 1 aliphatic carbocycles. The second-order valence-electron chi connectivity index (χ2n) is 5.59. The molecule has 1 aliphatic rings. The first-order chi connectivity index (χ1) is 9.94. The van der Waals surface area contributed by atoms with Crippen molar-refractivity contribution in [1.29, 1.82) is 0 Å². The Kier molecular flexibility index (Phi) is 5.17. The first kappa shape index (κ1) is 15.8. The van der Waals surface area contributed by atoms with E-state index in [-0.39, 0.29) is 17.6 Å². The van der Waals surface area contributed by atoms with Gasteiger partial charge in [-0.05, 0) is 30.4 Å². The fraction of sp³-hybridized carbons (Fsp3) is 0.438. The highest BCUT2D eigenvalue weighted by Crippen LogP contribution is 2.18. The lowest BCUT2D eigenvalue weighted by molar-refractivity contribution is -0.125. The van der Waals surface area contributed by atoms with Gasteiger partial charge in [-0.25, -0.2) is 8.42 Å². The monoisotopic (exact) mass is 307 g/mol. The number of hydrogen-bond acceptors (Lipinski definition) is 3. The lowest BCUT2D eigenvalue weighted by Gasteiger charge is -2.17. The van der Waals surface area contributed by atoms with Crippen molar-refractivity contribution in [3.63, 3.8) is 0 Å². The van der Waals surface area contributed by atoms with E-state index in [1.807, 2.05) is 12.1 Å². The number of benzene rings is 1. The van der Waals surface area contributed by atoms with Crippen molar-refractivity contribution in [3.8, 4) is 0 Å². The molecule has 0 aromatic heterocycles. The Morgan fingerprint density at radius 3 is 2.43 bits per heavy atom. The molecule has 21 heavy (non-hydrogen) atoms. The molecule has 1 atom stereocenters. The van der Waals surface area contributed by atoms with Gasteiger partial charge >= 0.3 is 0 Å². The molecule has 0 aliphatic heterocycles. The van der Waals surface area contributed by atoms with Crippen LogP contribution in [0.25, 0.3) is 0 Å². The molecule has 1 aromatic rings. The quantitative estimate of drug-likeness (QED) is 0.848. The number of rotatable bonds is 5. The van der Waals surface area contributed by atoms with Crippen LogP contribution >= 0.6 is 0 Å². The normalized spacial score (nSPS) is 18.4. The van der Waals surface area contributed by atoms with Crippen LogP contribution in [0.4, 0.5) is 0 Å². The Morgan fingerprint density at radius 2 is 1.86 bits per heavy atom. The van der Waals surface area contributed by atoms with Crippen LogP contribution in [-0.2, 0) is 26.9 Å². The molecule has 2 rings (SSSR count). The largest absolute Gasteiger partial charge is 0.352 e.